The molecule has 0 saturated heterocycles. The molecular weight excluding hydrogens is 543 g/mol. The Morgan fingerprint density at radius 2 is 1.78 bits per heavy atom. The molecule has 13 heteroatoms. The van der Waals surface area contributed by atoms with Crippen molar-refractivity contribution < 1.29 is 37.4 Å². The molecule has 0 aliphatic carbocycles. The van der Waals surface area contributed by atoms with Crippen LogP contribution in [-0.2, 0) is 6.18 Å². The van der Waals surface area contributed by atoms with E-state index in [1.807, 2.05) is 20.8 Å². The van der Waals surface area contributed by atoms with Crippen LogP contribution in [0, 0.1) is 5.92 Å². The number of rotatable bonds is 7. The summed E-state index contributed by atoms with van der Waals surface area (Å²) in [6, 6.07) is 6.90. The second kappa shape index (κ2) is 13.1. The molecule has 5 amide bonds. The van der Waals surface area contributed by atoms with E-state index in [1.165, 1.54) is 21.9 Å². The molecule has 3 atom stereocenters. The van der Waals surface area contributed by atoms with E-state index < -0.39 is 35.8 Å². The van der Waals surface area contributed by atoms with Crippen molar-refractivity contribution >= 4 is 29.3 Å². The maximum absolute atomic E-state index is 13.6. The lowest BCUT2D eigenvalue weighted by Crippen LogP contribution is -2.51. The fourth-order valence-corrected chi connectivity index (χ4v) is 4.30. The normalized spacial score (nSPS) is 18.0. The number of alkyl halides is 3. The first-order valence-corrected chi connectivity index (χ1v) is 13.2. The molecule has 1 heterocycles. The predicted molar refractivity (Wildman–Crippen MR) is 148 cm³/mol. The van der Waals surface area contributed by atoms with Crippen molar-refractivity contribution in [3.8, 4) is 5.75 Å². The van der Waals surface area contributed by atoms with Crippen LogP contribution in [0.2, 0.25) is 0 Å². The van der Waals surface area contributed by atoms with Gasteiger partial charge in [-0.1, -0.05) is 13.0 Å². The predicted octanol–water partition coefficient (Wildman–Crippen LogP) is 4.62. The fraction of sp³-hybridized carbons (Fsp3) is 0.464. The van der Waals surface area contributed by atoms with Crippen LogP contribution in [0.1, 0.15) is 43.6 Å². The molecule has 0 radical (unpaired) electrons. The van der Waals surface area contributed by atoms with Crippen LogP contribution in [0.25, 0.3) is 0 Å². The lowest BCUT2D eigenvalue weighted by Gasteiger charge is -2.38. The van der Waals surface area contributed by atoms with Crippen molar-refractivity contribution in [2.75, 3.05) is 37.4 Å². The summed E-state index contributed by atoms with van der Waals surface area (Å²) in [7, 11) is 1.62. The standard InChI is InChI=1S/C28H36F3N5O5/c1-16(2)32-27(40)35(5)14-23-17(3)13-36(18(4)15-37)25(38)21-7-6-8-22(24(21)41-23)34-26(39)33-20-11-9-19(10-12-20)28(29,30)31/h6-12,16-18,23,37H,13-15H2,1-5H3,(H,32,40)(H2,33,34,39)/t17-,18-,23-/m1/s1. The van der Waals surface area contributed by atoms with Crippen LogP contribution >= 0.6 is 0 Å². The number of aliphatic hydroxyl groups excluding tert-OH is 1. The summed E-state index contributed by atoms with van der Waals surface area (Å²) < 4.78 is 45.0. The Labute approximate surface area is 236 Å². The van der Waals surface area contributed by atoms with Gasteiger partial charge in [0.1, 0.15) is 6.10 Å². The lowest BCUT2D eigenvalue weighted by atomic mass is 9.99. The number of urea groups is 2. The number of likely N-dealkylation sites (N-methyl/N-ethyl adjacent to an activating group) is 1. The van der Waals surface area contributed by atoms with Gasteiger partial charge in [-0.3, -0.25) is 4.79 Å². The zero-order valence-electron chi connectivity index (χ0n) is 23.6. The molecule has 3 rings (SSSR count). The van der Waals surface area contributed by atoms with Crippen molar-refractivity contribution in [3.63, 3.8) is 0 Å². The van der Waals surface area contributed by atoms with Crippen molar-refractivity contribution in [1.29, 1.82) is 0 Å². The second-order valence-corrected chi connectivity index (χ2v) is 10.4. The summed E-state index contributed by atoms with van der Waals surface area (Å²) >= 11 is 0. The molecule has 1 aliphatic heterocycles. The molecule has 0 spiro atoms. The highest BCUT2D eigenvalue weighted by Crippen LogP contribution is 2.35. The minimum absolute atomic E-state index is 0.0735. The van der Waals surface area contributed by atoms with Gasteiger partial charge in [0.2, 0.25) is 0 Å². The van der Waals surface area contributed by atoms with Gasteiger partial charge in [0.05, 0.1) is 36.0 Å². The number of ether oxygens (including phenoxy) is 1. The minimum Gasteiger partial charge on any atom is -0.485 e. The van der Waals surface area contributed by atoms with E-state index in [-0.39, 0.29) is 60.4 Å². The number of hydrogen-bond acceptors (Lipinski definition) is 5. The first kappa shape index (κ1) is 31.5. The highest BCUT2D eigenvalue weighted by molar-refractivity contribution is 6.04. The van der Waals surface area contributed by atoms with Gasteiger partial charge in [-0.2, -0.15) is 13.2 Å². The average Bonchev–Trinajstić information content (AvgIpc) is 2.89. The van der Waals surface area contributed by atoms with Gasteiger partial charge in [-0.25, -0.2) is 9.59 Å². The molecule has 10 nitrogen and oxygen atoms in total. The lowest BCUT2D eigenvalue weighted by molar-refractivity contribution is -0.137. The van der Waals surface area contributed by atoms with Gasteiger partial charge < -0.3 is 35.6 Å². The number of anilines is 2. The van der Waals surface area contributed by atoms with E-state index in [2.05, 4.69) is 16.0 Å². The minimum atomic E-state index is -4.51. The summed E-state index contributed by atoms with van der Waals surface area (Å²) in [6.45, 7) is 7.38. The molecule has 2 aromatic carbocycles. The Balaban J connectivity index is 1.92. The van der Waals surface area contributed by atoms with Crippen LogP contribution in [0.5, 0.6) is 5.75 Å². The Kier molecular flexibility index (Phi) is 10.1. The number of fused-ring (bicyclic) bond motifs is 1. The number of halogens is 3. The van der Waals surface area contributed by atoms with Gasteiger partial charge in [0.25, 0.3) is 5.91 Å². The third-order valence-corrected chi connectivity index (χ3v) is 6.62. The zero-order chi connectivity index (χ0) is 30.5. The first-order chi connectivity index (χ1) is 19.2. The fourth-order valence-electron chi connectivity index (χ4n) is 4.30. The summed E-state index contributed by atoms with van der Waals surface area (Å²) in [5, 5.41) is 17.7. The van der Waals surface area contributed by atoms with Crippen LogP contribution < -0.4 is 20.7 Å². The van der Waals surface area contributed by atoms with Crippen LogP contribution in [0.4, 0.5) is 34.1 Å². The Morgan fingerprint density at radius 3 is 2.37 bits per heavy atom. The topological polar surface area (TPSA) is 123 Å². The largest absolute Gasteiger partial charge is 0.485 e. The molecule has 0 aromatic heterocycles. The Bertz CT molecular complexity index is 1240. The highest BCUT2D eigenvalue weighted by Gasteiger charge is 2.35. The van der Waals surface area contributed by atoms with Gasteiger partial charge in [-0.15, -0.1) is 0 Å². The summed E-state index contributed by atoms with van der Waals surface area (Å²) in [4.78, 5) is 42.0. The number of para-hydroxylation sites is 1. The van der Waals surface area contributed by atoms with Crippen molar-refractivity contribution in [1.82, 2.24) is 15.1 Å². The zero-order valence-corrected chi connectivity index (χ0v) is 23.6. The maximum atomic E-state index is 13.6. The number of nitrogens with zero attached hydrogens (tertiary/aromatic N) is 2. The number of nitrogens with one attached hydrogen (secondary N) is 3. The second-order valence-electron chi connectivity index (χ2n) is 10.4. The number of amides is 5. The quantitative estimate of drug-likeness (QED) is 0.381. The number of carbonyl (C=O) groups is 3. The molecule has 0 fully saturated rings. The molecular formula is C28H36F3N5O5. The number of benzene rings is 2. The van der Waals surface area contributed by atoms with E-state index >= 15 is 0 Å². The number of hydrogen-bond donors (Lipinski definition) is 4. The van der Waals surface area contributed by atoms with Gasteiger partial charge in [-0.05, 0) is 57.2 Å². The molecule has 1 aliphatic rings. The summed E-state index contributed by atoms with van der Waals surface area (Å²) in [6.07, 6.45) is -5.12. The van der Waals surface area contributed by atoms with Crippen molar-refractivity contribution in [2.24, 2.45) is 5.92 Å². The van der Waals surface area contributed by atoms with E-state index in [1.54, 1.807) is 20.0 Å². The molecule has 0 saturated carbocycles. The van der Waals surface area contributed by atoms with Gasteiger partial charge in [0, 0.05) is 31.2 Å². The molecule has 0 bridgehead atoms. The Hall–Kier alpha value is -4.00. The smallest absolute Gasteiger partial charge is 0.416 e. The van der Waals surface area contributed by atoms with Crippen LogP contribution in [-0.4, -0.2) is 77.8 Å². The van der Waals surface area contributed by atoms with Crippen molar-refractivity contribution in [3.05, 3.63) is 53.6 Å². The average molecular weight is 580 g/mol. The van der Waals surface area contributed by atoms with Crippen LogP contribution in [0.3, 0.4) is 0 Å². The maximum Gasteiger partial charge on any atom is 0.416 e. The third-order valence-electron chi connectivity index (χ3n) is 6.62. The van der Waals surface area contributed by atoms with Crippen LogP contribution in [0.15, 0.2) is 42.5 Å². The molecule has 41 heavy (non-hydrogen) atoms. The Morgan fingerprint density at radius 1 is 1.12 bits per heavy atom. The molecule has 224 valence electrons. The summed E-state index contributed by atoms with van der Waals surface area (Å²) in [5.74, 6) is -0.626. The van der Waals surface area contributed by atoms with Gasteiger partial charge in [0.15, 0.2) is 5.75 Å². The first-order valence-electron chi connectivity index (χ1n) is 13.2. The van der Waals surface area contributed by atoms with Crippen molar-refractivity contribution in [2.45, 2.75) is 52.1 Å². The van der Waals surface area contributed by atoms with E-state index in [0.29, 0.717) is 0 Å². The van der Waals surface area contributed by atoms with Gasteiger partial charge >= 0.3 is 18.2 Å². The highest BCUT2D eigenvalue weighted by atomic mass is 19.4. The SMILES string of the molecule is CC(C)NC(=O)N(C)C[C@H]1Oc2c(NC(=O)Nc3ccc(C(F)(F)F)cc3)cccc2C(=O)N([C@H](C)CO)C[C@H]1C. The monoisotopic (exact) mass is 579 g/mol. The molecule has 2 aromatic rings. The third kappa shape index (κ3) is 8.03. The molecule has 0 unspecified atom stereocenters. The number of carbonyl (C=O) groups excluding carboxylic acids is 3. The van der Waals surface area contributed by atoms with E-state index in [9.17, 15) is 32.7 Å². The molecule has 4 N–H and O–H groups in total. The van der Waals surface area contributed by atoms with E-state index in [4.69, 9.17) is 4.74 Å². The van der Waals surface area contributed by atoms with E-state index in [0.717, 1.165) is 24.3 Å². The number of aliphatic hydroxyl groups is 1. The summed E-state index contributed by atoms with van der Waals surface area (Å²) in [5.41, 5.74) is -0.443.